The highest BCUT2D eigenvalue weighted by molar-refractivity contribution is 5.96. The third kappa shape index (κ3) is 3.28. The molecule has 2 aromatic heterocycles. The zero-order valence-electron chi connectivity index (χ0n) is 14.2. The molecule has 0 unspecified atom stereocenters. The summed E-state index contributed by atoms with van der Waals surface area (Å²) in [7, 11) is 0. The van der Waals surface area contributed by atoms with E-state index in [0.717, 1.165) is 23.9 Å². The van der Waals surface area contributed by atoms with E-state index in [-0.39, 0.29) is 17.7 Å². The summed E-state index contributed by atoms with van der Waals surface area (Å²) in [6.07, 6.45) is 4.76. The van der Waals surface area contributed by atoms with Gasteiger partial charge in [-0.1, -0.05) is 12.1 Å². The van der Waals surface area contributed by atoms with Gasteiger partial charge in [0.1, 0.15) is 0 Å². The molecule has 0 spiro atoms. The van der Waals surface area contributed by atoms with E-state index in [9.17, 15) is 9.59 Å². The summed E-state index contributed by atoms with van der Waals surface area (Å²) in [4.78, 5) is 38.4. The molecule has 1 aromatic carbocycles. The highest BCUT2D eigenvalue weighted by Gasteiger charge is 2.29. The number of nitrogens with zero attached hydrogens (tertiary/aromatic N) is 3. The number of hydrogen-bond acceptors (Lipinski definition) is 4. The fraction of sp³-hybridized carbons (Fsp3) is 0.263. The second-order valence-electron chi connectivity index (χ2n) is 6.42. The molecule has 4 rings (SSSR count). The minimum Gasteiger partial charge on any atom is -0.338 e. The van der Waals surface area contributed by atoms with Crippen molar-refractivity contribution in [1.82, 2.24) is 19.9 Å². The van der Waals surface area contributed by atoms with Crippen molar-refractivity contribution in [3.8, 4) is 0 Å². The number of pyridine rings is 1. The van der Waals surface area contributed by atoms with Crippen LogP contribution in [0, 0.1) is 5.92 Å². The summed E-state index contributed by atoms with van der Waals surface area (Å²) in [6, 6.07) is 11.0. The highest BCUT2D eigenvalue weighted by Crippen LogP contribution is 2.21. The summed E-state index contributed by atoms with van der Waals surface area (Å²) in [6.45, 7) is 1.07. The number of H-pyrrole nitrogens is 1. The molecular formula is C19H19N5O2. The first-order valence-electron chi connectivity index (χ1n) is 8.65. The van der Waals surface area contributed by atoms with Crippen molar-refractivity contribution in [3.63, 3.8) is 0 Å². The van der Waals surface area contributed by atoms with Gasteiger partial charge in [0, 0.05) is 31.0 Å². The maximum absolute atomic E-state index is 12.6. The Morgan fingerprint density at radius 3 is 2.77 bits per heavy atom. The normalized spacial score (nSPS) is 17.2. The van der Waals surface area contributed by atoms with E-state index in [1.165, 1.54) is 0 Å². The number of imidazole rings is 1. The molecule has 1 aliphatic rings. The number of nitrogens with one attached hydrogen (secondary N) is 2. The standard InChI is InChI=1S/C19H19N5O2/c25-17(23-19-21-15-5-1-2-6-16(15)22-19)14-4-3-11-24(12-14)18(26)13-7-9-20-10-8-13/h1-2,5-10,14H,3-4,11-12H2,(H2,21,22,23,25)/t14-/m0/s1. The number of para-hydroxylation sites is 2. The molecule has 0 saturated carbocycles. The van der Waals surface area contributed by atoms with Crippen molar-refractivity contribution in [3.05, 3.63) is 54.4 Å². The lowest BCUT2D eigenvalue weighted by atomic mass is 9.96. The maximum atomic E-state index is 12.6. The van der Waals surface area contributed by atoms with Crippen molar-refractivity contribution in [2.24, 2.45) is 5.92 Å². The zero-order chi connectivity index (χ0) is 17.9. The fourth-order valence-corrected chi connectivity index (χ4v) is 3.28. The Morgan fingerprint density at radius 1 is 1.15 bits per heavy atom. The first-order valence-corrected chi connectivity index (χ1v) is 8.65. The van der Waals surface area contributed by atoms with Crippen molar-refractivity contribution in [1.29, 1.82) is 0 Å². The Hall–Kier alpha value is -3.22. The number of aromatic amines is 1. The van der Waals surface area contributed by atoms with Crippen LogP contribution in [0.4, 0.5) is 5.95 Å². The van der Waals surface area contributed by atoms with Crippen molar-refractivity contribution < 1.29 is 9.59 Å². The minimum atomic E-state index is -0.247. The van der Waals surface area contributed by atoms with Crippen LogP contribution in [-0.4, -0.2) is 44.8 Å². The monoisotopic (exact) mass is 349 g/mol. The third-order valence-corrected chi connectivity index (χ3v) is 4.64. The van der Waals surface area contributed by atoms with Crippen LogP contribution in [0.15, 0.2) is 48.8 Å². The second kappa shape index (κ2) is 6.95. The van der Waals surface area contributed by atoms with Gasteiger partial charge >= 0.3 is 0 Å². The number of anilines is 1. The van der Waals surface area contributed by atoms with Gasteiger partial charge in [0.2, 0.25) is 11.9 Å². The predicted molar refractivity (Wildman–Crippen MR) is 97.6 cm³/mol. The van der Waals surface area contributed by atoms with Gasteiger partial charge in [-0.2, -0.15) is 0 Å². The molecule has 1 saturated heterocycles. The van der Waals surface area contributed by atoms with Gasteiger partial charge in [-0.3, -0.25) is 19.9 Å². The Kier molecular flexibility index (Phi) is 4.35. The first-order chi connectivity index (χ1) is 12.7. The summed E-state index contributed by atoms with van der Waals surface area (Å²) >= 11 is 0. The van der Waals surface area contributed by atoms with E-state index in [4.69, 9.17) is 0 Å². The van der Waals surface area contributed by atoms with E-state index in [2.05, 4.69) is 20.3 Å². The molecule has 132 valence electrons. The van der Waals surface area contributed by atoms with Gasteiger partial charge < -0.3 is 9.88 Å². The zero-order valence-corrected chi connectivity index (χ0v) is 14.2. The molecule has 0 radical (unpaired) electrons. The molecule has 1 fully saturated rings. The SMILES string of the molecule is O=C(Nc1nc2ccccc2[nH]1)[C@H]1CCCN(C(=O)c2ccncc2)C1. The molecular weight excluding hydrogens is 330 g/mol. The van der Waals surface area contributed by atoms with Gasteiger partial charge in [0.05, 0.1) is 17.0 Å². The molecule has 0 aliphatic carbocycles. The van der Waals surface area contributed by atoms with Crippen LogP contribution in [0.3, 0.4) is 0 Å². The molecule has 0 bridgehead atoms. The average Bonchev–Trinajstić information content (AvgIpc) is 3.10. The molecule has 1 aliphatic heterocycles. The smallest absolute Gasteiger partial charge is 0.253 e. The maximum Gasteiger partial charge on any atom is 0.253 e. The lowest BCUT2D eigenvalue weighted by Crippen LogP contribution is -2.43. The van der Waals surface area contributed by atoms with Crippen LogP contribution < -0.4 is 5.32 Å². The number of carbonyl (C=O) groups excluding carboxylic acids is 2. The number of likely N-dealkylation sites (tertiary alicyclic amines) is 1. The van der Waals surface area contributed by atoms with Gasteiger partial charge in [-0.25, -0.2) is 4.98 Å². The van der Waals surface area contributed by atoms with E-state index in [1.807, 2.05) is 24.3 Å². The van der Waals surface area contributed by atoms with Crippen molar-refractivity contribution in [2.45, 2.75) is 12.8 Å². The Morgan fingerprint density at radius 2 is 1.96 bits per heavy atom. The molecule has 7 nitrogen and oxygen atoms in total. The minimum absolute atomic E-state index is 0.0614. The Labute approximate surface area is 150 Å². The third-order valence-electron chi connectivity index (χ3n) is 4.64. The Balaban J connectivity index is 1.43. The average molecular weight is 349 g/mol. The summed E-state index contributed by atoms with van der Waals surface area (Å²) in [5.41, 5.74) is 2.28. The molecule has 1 atom stereocenters. The van der Waals surface area contributed by atoms with Crippen LogP contribution in [0.1, 0.15) is 23.2 Å². The Bertz CT molecular complexity index is 904. The number of aromatic nitrogens is 3. The number of hydrogen-bond donors (Lipinski definition) is 2. The second-order valence-corrected chi connectivity index (χ2v) is 6.42. The number of fused-ring (bicyclic) bond motifs is 1. The molecule has 26 heavy (non-hydrogen) atoms. The fourth-order valence-electron chi connectivity index (χ4n) is 3.28. The topological polar surface area (TPSA) is 91.0 Å². The number of benzene rings is 1. The van der Waals surface area contributed by atoms with Crippen LogP contribution in [0.25, 0.3) is 11.0 Å². The van der Waals surface area contributed by atoms with Gasteiger partial charge in [-0.05, 0) is 37.1 Å². The van der Waals surface area contributed by atoms with Gasteiger partial charge in [0.25, 0.3) is 5.91 Å². The van der Waals surface area contributed by atoms with Gasteiger partial charge in [-0.15, -0.1) is 0 Å². The van der Waals surface area contributed by atoms with E-state index < -0.39 is 0 Å². The molecule has 7 heteroatoms. The van der Waals surface area contributed by atoms with Crippen LogP contribution in [-0.2, 0) is 4.79 Å². The largest absolute Gasteiger partial charge is 0.338 e. The number of piperidine rings is 1. The van der Waals surface area contributed by atoms with Crippen molar-refractivity contribution in [2.75, 3.05) is 18.4 Å². The van der Waals surface area contributed by atoms with Crippen LogP contribution >= 0.6 is 0 Å². The van der Waals surface area contributed by atoms with Crippen LogP contribution in [0.2, 0.25) is 0 Å². The van der Waals surface area contributed by atoms with Crippen LogP contribution in [0.5, 0.6) is 0 Å². The van der Waals surface area contributed by atoms with E-state index >= 15 is 0 Å². The lowest BCUT2D eigenvalue weighted by Gasteiger charge is -2.31. The summed E-state index contributed by atoms with van der Waals surface area (Å²) in [5, 5.41) is 2.85. The quantitative estimate of drug-likeness (QED) is 0.760. The van der Waals surface area contributed by atoms with E-state index in [0.29, 0.717) is 24.6 Å². The number of amides is 2. The van der Waals surface area contributed by atoms with E-state index in [1.54, 1.807) is 29.4 Å². The lowest BCUT2D eigenvalue weighted by molar-refractivity contribution is -0.121. The molecule has 2 amide bonds. The molecule has 3 heterocycles. The van der Waals surface area contributed by atoms with Gasteiger partial charge in [0.15, 0.2) is 0 Å². The van der Waals surface area contributed by atoms with Crippen molar-refractivity contribution >= 4 is 28.8 Å². The first kappa shape index (κ1) is 16.3. The molecule has 2 N–H and O–H groups in total. The summed E-state index contributed by atoms with van der Waals surface area (Å²) < 4.78 is 0. The number of carbonyl (C=O) groups is 2. The summed E-state index contributed by atoms with van der Waals surface area (Å²) in [5.74, 6) is 0.0152. The highest BCUT2D eigenvalue weighted by atomic mass is 16.2. The molecule has 3 aromatic rings. The number of rotatable bonds is 3. The predicted octanol–water partition coefficient (Wildman–Crippen LogP) is 2.45.